The lowest BCUT2D eigenvalue weighted by atomic mass is 10.1. The summed E-state index contributed by atoms with van der Waals surface area (Å²) in [5.74, 6) is -1.28. The fourth-order valence-electron chi connectivity index (χ4n) is 2.38. The topological polar surface area (TPSA) is 125 Å². The number of benzene rings is 1. The molecular weight excluding hydrogens is 290 g/mol. The third-order valence-electron chi connectivity index (χ3n) is 3.70. The molecule has 1 aromatic carbocycles. The van der Waals surface area contributed by atoms with E-state index in [0.717, 1.165) is 12.8 Å². The Morgan fingerprint density at radius 2 is 2.14 bits per heavy atom. The smallest absolute Gasteiger partial charge is 0.352 e. The highest BCUT2D eigenvalue weighted by atomic mass is 16.6. The molecule has 0 unspecified atom stereocenters. The number of carboxylic acids is 1. The van der Waals surface area contributed by atoms with Gasteiger partial charge in [0.05, 0.1) is 4.92 Å². The number of carboxylic acid groups (broad SMARTS) is 1. The standard InChI is InChI=1S/C14H13N3O5/c18-13(7-1-2-7)15-6-10-9-5-8(17(21)22)3-4-11(9)16-12(10)14(19)20/h3-5,7,16H,1-2,6H2,(H,15,18)(H,19,20). The van der Waals surface area contributed by atoms with E-state index in [4.69, 9.17) is 0 Å². The van der Waals surface area contributed by atoms with Gasteiger partial charge in [-0.3, -0.25) is 14.9 Å². The van der Waals surface area contributed by atoms with Gasteiger partial charge in [-0.1, -0.05) is 0 Å². The summed E-state index contributed by atoms with van der Waals surface area (Å²) < 4.78 is 0. The number of aromatic nitrogens is 1. The molecule has 0 atom stereocenters. The van der Waals surface area contributed by atoms with Crippen molar-refractivity contribution < 1.29 is 19.6 Å². The molecule has 1 aliphatic carbocycles. The molecule has 0 bridgehead atoms. The van der Waals surface area contributed by atoms with E-state index < -0.39 is 10.9 Å². The molecular formula is C14H13N3O5. The summed E-state index contributed by atoms with van der Waals surface area (Å²) in [6.45, 7) is 0.0259. The molecule has 1 saturated carbocycles. The fourth-order valence-corrected chi connectivity index (χ4v) is 2.38. The molecule has 8 nitrogen and oxygen atoms in total. The SMILES string of the molecule is O=C(O)c1[nH]c2ccc([N+](=O)[O-])cc2c1CNC(=O)C1CC1. The van der Waals surface area contributed by atoms with Gasteiger partial charge in [0.25, 0.3) is 5.69 Å². The number of carbonyl (C=O) groups is 2. The Balaban J connectivity index is 2.00. The highest BCUT2D eigenvalue weighted by Gasteiger charge is 2.30. The molecule has 0 saturated heterocycles. The van der Waals surface area contributed by atoms with Gasteiger partial charge in [0, 0.05) is 41.1 Å². The molecule has 0 spiro atoms. The number of nitrogens with zero attached hydrogens (tertiary/aromatic N) is 1. The number of nitrogens with one attached hydrogen (secondary N) is 2. The molecule has 0 radical (unpaired) electrons. The third-order valence-corrected chi connectivity index (χ3v) is 3.70. The van der Waals surface area contributed by atoms with Crippen molar-refractivity contribution in [1.82, 2.24) is 10.3 Å². The summed E-state index contributed by atoms with van der Waals surface area (Å²) >= 11 is 0. The van der Waals surface area contributed by atoms with E-state index in [1.165, 1.54) is 18.2 Å². The van der Waals surface area contributed by atoms with Crippen LogP contribution in [0, 0.1) is 16.0 Å². The molecule has 22 heavy (non-hydrogen) atoms. The quantitative estimate of drug-likeness (QED) is 0.573. The minimum absolute atomic E-state index is 0.00724. The number of nitro benzene ring substituents is 1. The molecule has 1 amide bonds. The van der Waals surface area contributed by atoms with Crippen LogP contribution in [0.1, 0.15) is 28.9 Å². The number of carbonyl (C=O) groups excluding carboxylic acids is 1. The van der Waals surface area contributed by atoms with Crippen molar-refractivity contribution in [3.8, 4) is 0 Å². The van der Waals surface area contributed by atoms with E-state index in [2.05, 4.69) is 10.3 Å². The van der Waals surface area contributed by atoms with Gasteiger partial charge in [0.15, 0.2) is 0 Å². The molecule has 1 fully saturated rings. The number of hydrogen-bond donors (Lipinski definition) is 3. The van der Waals surface area contributed by atoms with Crippen molar-refractivity contribution in [2.45, 2.75) is 19.4 Å². The fraction of sp³-hybridized carbons (Fsp3) is 0.286. The zero-order valence-corrected chi connectivity index (χ0v) is 11.5. The maximum Gasteiger partial charge on any atom is 0.352 e. The Hall–Kier alpha value is -2.90. The monoisotopic (exact) mass is 303 g/mol. The summed E-state index contributed by atoms with van der Waals surface area (Å²) in [6, 6.07) is 4.08. The van der Waals surface area contributed by atoms with E-state index in [1.807, 2.05) is 0 Å². The lowest BCUT2D eigenvalue weighted by Crippen LogP contribution is -2.25. The normalized spacial score (nSPS) is 14.0. The number of non-ortho nitro benzene ring substituents is 1. The van der Waals surface area contributed by atoms with Gasteiger partial charge < -0.3 is 15.4 Å². The van der Waals surface area contributed by atoms with Crippen molar-refractivity contribution in [2.24, 2.45) is 5.92 Å². The Labute approximate surface area is 124 Å². The minimum atomic E-state index is -1.17. The zero-order chi connectivity index (χ0) is 15.9. The average molecular weight is 303 g/mol. The van der Waals surface area contributed by atoms with Crippen LogP contribution in [-0.2, 0) is 11.3 Å². The number of nitro groups is 1. The molecule has 1 aromatic heterocycles. The predicted octanol–water partition coefficient (Wildman–Crippen LogP) is 1.80. The molecule has 3 N–H and O–H groups in total. The summed E-state index contributed by atoms with van der Waals surface area (Å²) in [5, 5.41) is 23.2. The van der Waals surface area contributed by atoms with Crippen molar-refractivity contribution in [1.29, 1.82) is 0 Å². The maximum absolute atomic E-state index is 11.7. The summed E-state index contributed by atoms with van der Waals surface area (Å²) in [5.41, 5.74) is 0.642. The molecule has 2 aromatic rings. The van der Waals surface area contributed by atoms with Crippen molar-refractivity contribution in [3.63, 3.8) is 0 Å². The van der Waals surface area contributed by atoms with Gasteiger partial charge in [-0.05, 0) is 18.9 Å². The first-order valence-electron chi connectivity index (χ1n) is 6.77. The molecule has 8 heteroatoms. The van der Waals surface area contributed by atoms with Crippen LogP contribution in [0.3, 0.4) is 0 Å². The summed E-state index contributed by atoms with van der Waals surface area (Å²) in [4.78, 5) is 36.1. The van der Waals surface area contributed by atoms with Crippen LogP contribution in [0.25, 0.3) is 10.9 Å². The van der Waals surface area contributed by atoms with Gasteiger partial charge in [-0.2, -0.15) is 0 Å². The van der Waals surface area contributed by atoms with Crippen LogP contribution in [-0.4, -0.2) is 26.9 Å². The number of fused-ring (bicyclic) bond motifs is 1. The number of aromatic carboxylic acids is 1. The Bertz CT molecular complexity index is 791. The summed E-state index contributed by atoms with van der Waals surface area (Å²) in [7, 11) is 0. The molecule has 3 rings (SSSR count). The molecule has 1 aliphatic rings. The van der Waals surface area contributed by atoms with Crippen LogP contribution in [0.15, 0.2) is 18.2 Å². The first-order valence-corrected chi connectivity index (χ1v) is 6.77. The van der Waals surface area contributed by atoms with E-state index >= 15 is 0 Å². The Morgan fingerprint density at radius 3 is 2.73 bits per heavy atom. The van der Waals surface area contributed by atoms with Crippen LogP contribution in [0.2, 0.25) is 0 Å². The minimum Gasteiger partial charge on any atom is -0.477 e. The maximum atomic E-state index is 11.7. The van der Waals surface area contributed by atoms with Crippen molar-refractivity contribution in [2.75, 3.05) is 0 Å². The lowest BCUT2D eigenvalue weighted by Gasteiger charge is -2.04. The first kappa shape index (κ1) is 14.1. The Morgan fingerprint density at radius 1 is 1.41 bits per heavy atom. The molecule has 1 heterocycles. The van der Waals surface area contributed by atoms with Gasteiger partial charge in [-0.15, -0.1) is 0 Å². The average Bonchev–Trinajstić information content (AvgIpc) is 3.25. The number of H-pyrrole nitrogens is 1. The Kier molecular flexibility index (Phi) is 3.28. The number of aromatic amines is 1. The summed E-state index contributed by atoms with van der Waals surface area (Å²) in [6.07, 6.45) is 1.69. The largest absolute Gasteiger partial charge is 0.477 e. The van der Waals surface area contributed by atoms with E-state index in [1.54, 1.807) is 0 Å². The number of rotatable bonds is 5. The molecule has 0 aliphatic heterocycles. The second-order valence-corrected chi connectivity index (χ2v) is 5.26. The van der Waals surface area contributed by atoms with E-state index in [9.17, 15) is 24.8 Å². The van der Waals surface area contributed by atoms with Crippen molar-refractivity contribution >= 4 is 28.5 Å². The first-order chi connectivity index (χ1) is 10.5. The predicted molar refractivity (Wildman–Crippen MR) is 76.5 cm³/mol. The highest BCUT2D eigenvalue weighted by Crippen LogP contribution is 2.30. The second-order valence-electron chi connectivity index (χ2n) is 5.26. The lowest BCUT2D eigenvalue weighted by molar-refractivity contribution is -0.384. The van der Waals surface area contributed by atoms with Crippen LogP contribution < -0.4 is 5.32 Å². The third kappa shape index (κ3) is 2.50. The molecule has 114 valence electrons. The number of amides is 1. The van der Waals surface area contributed by atoms with E-state index in [-0.39, 0.29) is 29.8 Å². The van der Waals surface area contributed by atoms with E-state index in [0.29, 0.717) is 16.5 Å². The van der Waals surface area contributed by atoms with Crippen LogP contribution in [0.4, 0.5) is 5.69 Å². The zero-order valence-electron chi connectivity index (χ0n) is 11.5. The van der Waals surface area contributed by atoms with Crippen LogP contribution in [0.5, 0.6) is 0 Å². The highest BCUT2D eigenvalue weighted by molar-refractivity contribution is 5.98. The van der Waals surface area contributed by atoms with Gasteiger partial charge in [0.1, 0.15) is 5.69 Å². The number of hydrogen-bond acceptors (Lipinski definition) is 4. The van der Waals surface area contributed by atoms with Gasteiger partial charge in [-0.25, -0.2) is 4.79 Å². The second kappa shape index (κ2) is 5.14. The van der Waals surface area contributed by atoms with Gasteiger partial charge in [0.2, 0.25) is 5.91 Å². The van der Waals surface area contributed by atoms with Crippen LogP contribution >= 0.6 is 0 Å². The van der Waals surface area contributed by atoms with Gasteiger partial charge >= 0.3 is 5.97 Å². The van der Waals surface area contributed by atoms with Crippen molar-refractivity contribution in [3.05, 3.63) is 39.6 Å².